The minimum absolute atomic E-state index is 0.290. The van der Waals surface area contributed by atoms with E-state index in [1.807, 2.05) is 13.0 Å². The molecule has 1 aliphatic rings. The molecule has 2 heterocycles. The van der Waals surface area contributed by atoms with Gasteiger partial charge < -0.3 is 15.4 Å². The summed E-state index contributed by atoms with van der Waals surface area (Å²) in [5.41, 5.74) is 4.93. The predicted molar refractivity (Wildman–Crippen MR) is 98.6 cm³/mol. The summed E-state index contributed by atoms with van der Waals surface area (Å²) in [6, 6.07) is 7.57. The molecule has 1 aliphatic carbocycles. The molecule has 3 aromatic rings. The van der Waals surface area contributed by atoms with Crippen molar-refractivity contribution >= 4 is 17.4 Å². The zero-order valence-corrected chi connectivity index (χ0v) is 14.9. The first-order valence-corrected chi connectivity index (χ1v) is 8.69. The number of hydrogen-bond donors (Lipinski definition) is 2. The lowest BCUT2D eigenvalue weighted by Crippen LogP contribution is -2.28. The summed E-state index contributed by atoms with van der Waals surface area (Å²) in [7, 11) is 1.66. The Morgan fingerprint density at radius 2 is 2.12 bits per heavy atom. The lowest BCUT2D eigenvalue weighted by Gasteiger charge is -2.13. The number of rotatable bonds is 4. The number of benzene rings is 1. The number of carbonyl (C=O) groups is 1. The maximum atomic E-state index is 12.3. The van der Waals surface area contributed by atoms with Gasteiger partial charge in [-0.1, -0.05) is 6.07 Å². The fourth-order valence-corrected chi connectivity index (χ4v) is 3.43. The van der Waals surface area contributed by atoms with Gasteiger partial charge in [0.1, 0.15) is 11.6 Å². The molecular formula is C19H21N5O2. The highest BCUT2D eigenvalue weighted by molar-refractivity contribution is 5.93. The molecule has 0 spiro atoms. The van der Waals surface area contributed by atoms with Crippen molar-refractivity contribution in [2.75, 3.05) is 12.4 Å². The van der Waals surface area contributed by atoms with E-state index < -0.39 is 0 Å². The molecule has 0 aliphatic heterocycles. The van der Waals surface area contributed by atoms with Gasteiger partial charge in [-0.25, -0.2) is 14.3 Å². The maximum Gasteiger partial charge on any atom is 0.319 e. The van der Waals surface area contributed by atoms with Crippen molar-refractivity contribution in [2.24, 2.45) is 0 Å². The van der Waals surface area contributed by atoms with Crippen LogP contribution >= 0.6 is 0 Å². The largest absolute Gasteiger partial charge is 0.496 e. The number of ether oxygens (including phenoxy) is 1. The molecule has 26 heavy (non-hydrogen) atoms. The first-order valence-electron chi connectivity index (χ1n) is 8.69. The standard InChI is InChI=1S/C19H21N5O2/c1-12-21-18-16(7-4-8-24(18)23-12)22-19(25)20-11-15-9-13-5-3-6-14(13)10-17(15)26-2/h4,7-10H,3,5-6,11H2,1-2H3,(H2,20,22,25). The molecule has 0 saturated carbocycles. The number of fused-ring (bicyclic) bond motifs is 2. The molecule has 4 rings (SSSR count). The second-order valence-corrected chi connectivity index (χ2v) is 6.44. The molecule has 0 radical (unpaired) electrons. The molecule has 0 saturated heterocycles. The number of urea groups is 1. The first kappa shape index (κ1) is 16.4. The van der Waals surface area contributed by atoms with Gasteiger partial charge in [0.25, 0.3) is 0 Å². The lowest BCUT2D eigenvalue weighted by atomic mass is 10.1. The van der Waals surface area contributed by atoms with Crippen LogP contribution in [0.2, 0.25) is 0 Å². The number of carbonyl (C=O) groups excluding carboxylic acids is 1. The molecule has 2 amide bonds. The second-order valence-electron chi connectivity index (χ2n) is 6.44. The average Bonchev–Trinajstić information content (AvgIpc) is 3.24. The van der Waals surface area contributed by atoms with Crippen LogP contribution in [0.3, 0.4) is 0 Å². The van der Waals surface area contributed by atoms with Gasteiger partial charge >= 0.3 is 6.03 Å². The van der Waals surface area contributed by atoms with Crippen molar-refractivity contribution in [3.63, 3.8) is 0 Å². The van der Waals surface area contributed by atoms with E-state index in [1.54, 1.807) is 23.9 Å². The quantitative estimate of drug-likeness (QED) is 0.757. The van der Waals surface area contributed by atoms with E-state index in [9.17, 15) is 4.79 Å². The highest BCUT2D eigenvalue weighted by atomic mass is 16.5. The van der Waals surface area contributed by atoms with Gasteiger partial charge in [0.05, 0.1) is 12.8 Å². The molecule has 1 aromatic carbocycles. The lowest BCUT2D eigenvalue weighted by molar-refractivity contribution is 0.251. The Kier molecular flexibility index (Phi) is 4.20. The van der Waals surface area contributed by atoms with Crippen LogP contribution in [0.25, 0.3) is 5.65 Å². The van der Waals surface area contributed by atoms with Crippen LogP contribution in [0.1, 0.15) is 28.9 Å². The number of aryl methyl sites for hydroxylation is 3. The third-order valence-electron chi connectivity index (χ3n) is 4.65. The molecule has 0 bridgehead atoms. The fourth-order valence-electron chi connectivity index (χ4n) is 3.43. The van der Waals surface area contributed by atoms with Crippen LogP contribution in [0.4, 0.5) is 10.5 Å². The zero-order valence-electron chi connectivity index (χ0n) is 14.9. The topological polar surface area (TPSA) is 80.5 Å². The second kappa shape index (κ2) is 6.67. The average molecular weight is 351 g/mol. The van der Waals surface area contributed by atoms with E-state index in [0.717, 1.165) is 24.2 Å². The van der Waals surface area contributed by atoms with Crippen molar-refractivity contribution in [3.05, 3.63) is 53.0 Å². The van der Waals surface area contributed by atoms with Crippen molar-refractivity contribution in [1.29, 1.82) is 0 Å². The summed E-state index contributed by atoms with van der Waals surface area (Å²) >= 11 is 0. The van der Waals surface area contributed by atoms with E-state index in [0.29, 0.717) is 23.7 Å². The molecule has 2 N–H and O–H groups in total. The Hall–Kier alpha value is -3.09. The summed E-state index contributed by atoms with van der Waals surface area (Å²) in [5, 5.41) is 9.99. The predicted octanol–water partition coefficient (Wildman–Crippen LogP) is 2.86. The molecule has 7 nitrogen and oxygen atoms in total. The third-order valence-corrected chi connectivity index (χ3v) is 4.65. The van der Waals surface area contributed by atoms with E-state index >= 15 is 0 Å². The molecule has 0 atom stereocenters. The zero-order chi connectivity index (χ0) is 18.1. The Morgan fingerprint density at radius 3 is 2.92 bits per heavy atom. The first-order chi connectivity index (χ1) is 12.6. The Labute approximate surface area is 151 Å². The normalized spacial score (nSPS) is 12.8. The smallest absolute Gasteiger partial charge is 0.319 e. The van der Waals surface area contributed by atoms with Gasteiger partial charge in [0.15, 0.2) is 5.65 Å². The molecule has 0 fully saturated rings. The Morgan fingerprint density at radius 1 is 1.31 bits per heavy atom. The van der Waals surface area contributed by atoms with Gasteiger partial charge in [0, 0.05) is 18.3 Å². The van der Waals surface area contributed by atoms with E-state index in [1.165, 1.54) is 17.5 Å². The summed E-state index contributed by atoms with van der Waals surface area (Å²) in [5.74, 6) is 1.48. The van der Waals surface area contributed by atoms with Gasteiger partial charge in [-0.3, -0.25) is 0 Å². The molecule has 134 valence electrons. The minimum Gasteiger partial charge on any atom is -0.496 e. The van der Waals surface area contributed by atoms with Gasteiger partial charge in [0.2, 0.25) is 0 Å². The third kappa shape index (κ3) is 3.08. The number of anilines is 1. The number of amides is 2. The molecule has 7 heteroatoms. The molecule has 2 aromatic heterocycles. The number of nitrogens with zero attached hydrogens (tertiary/aromatic N) is 3. The maximum absolute atomic E-state index is 12.3. The summed E-state index contributed by atoms with van der Waals surface area (Å²) in [6.45, 7) is 2.22. The van der Waals surface area contributed by atoms with E-state index in [2.05, 4.69) is 32.8 Å². The van der Waals surface area contributed by atoms with Crippen molar-refractivity contribution in [1.82, 2.24) is 19.9 Å². The summed E-state index contributed by atoms with van der Waals surface area (Å²) < 4.78 is 7.14. The SMILES string of the molecule is COc1cc2c(cc1CNC(=O)Nc1cccn3nc(C)nc13)CCC2. The molecular weight excluding hydrogens is 330 g/mol. The number of methoxy groups -OCH3 is 1. The van der Waals surface area contributed by atoms with Crippen LogP contribution in [-0.2, 0) is 19.4 Å². The monoisotopic (exact) mass is 351 g/mol. The van der Waals surface area contributed by atoms with Crippen LogP contribution in [-0.4, -0.2) is 27.7 Å². The number of hydrogen-bond acceptors (Lipinski definition) is 4. The van der Waals surface area contributed by atoms with Gasteiger partial charge in [-0.15, -0.1) is 0 Å². The van der Waals surface area contributed by atoms with Crippen molar-refractivity contribution < 1.29 is 9.53 Å². The Balaban J connectivity index is 1.47. The highest BCUT2D eigenvalue weighted by Crippen LogP contribution is 2.29. The van der Waals surface area contributed by atoms with E-state index in [4.69, 9.17) is 4.74 Å². The van der Waals surface area contributed by atoms with Crippen LogP contribution < -0.4 is 15.4 Å². The fraction of sp³-hybridized carbons (Fsp3) is 0.316. The molecule has 0 unspecified atom stereocenters. The summed E-state index contributed by atoms with van der Waals surface area (Å²) in [4.78, 5) is 16.7. The summed E-state index contributed by atoms with van der Waals surface area (Å²) in [6.07, 6.45) is 5.17. The Bertz CT molecular complexity index is 979. The highest BCUT2D eigenvalue weighted by Gasteiger charge is 2.16. The van der Waals surface area contributed by atoms with E-state index in [-0.39, 0.29) is 6.03 Å². The van der Waals surface area contributed by atoms with Crippen LogP contribution in [0.15, 0.2) is 30.5 Å². The number of nitrogens with one attached hydrogen (secondary N) is 2. The van der Waals surface area contributed by atoms with Crippen LogP contribution in [0, 0.1) is 6.92 Å². The number of pyridine rings is 1. The number of aromatic nitrogens is 3. The minimum atomic E-state index is -0.290. The van der Waals surface area contributed by atoms with Crippen LogP contribution in [0.5, 0.6) is 5.75 Å². The van der Waals surface area contributed by atoms with Crippen molar-refractivity contribution in [3.8, 4) is 5.75 Å². The van der Waals surface area contributed by atoms with Crippen molar-refractivity contribution in [2.45, 2.75) is 32.7 Å². The van der Waals surface area contributed by atoms with Gasteiger partial charge in [-0.2, -0.15) is 5.10 Å². The van der Waals surface area contributed by atoms with Gasteiger partial charge in [-0.05, 0) is 55.5 Å².